The SMILES string of the molecule is COc1ccc(C(=O)N2CCN(C(=O)c3sc4nc(C(C)(C)C)nc(C)c4c3C)CC2)cc1OC. The van der Waals surface area contributed by atoms with Crippen LogP contribution in [-0.4, -0.2) is 72.0 Å². The molecule has 1 aliphatic rings. The molecule has 1 saturated heterocycles. The van der Waals surface area contributed by atoms with Gasteiger partial charge in [0.1, 0.15) is 10.7 Å². The summed E-state index contributed by atoms with van der Waals surface area (Å²) >= 11 is 1.43. The van der Waals surface area contributed by atoms with Crippen molar-refractivity contribution in [2.24, 2.45) is 0 Å². The second-order valence-electron chi connectivity index (χ2n) is 9.77. The number of carbonyl (C=O) groups is 2. The largest absolute Gasteiger partial charge is 0.493 e. The highest BCUT2D eigenvalue weighted by Crippen LogP contribution is 2.34. The zero-order valence-electron chi connectivity index (χ0n) is 21.4. The molecule has 4 rings (SSSR count). The van der Waals surface area contributed by atoms with Crippen molar-refractivity contribution in [1.82, 2.24) is 19.8 Å². The minimum Gasteiger partial charge on any atom is -0.493 e. The number of benzene rings is 1. The highest BCUT2D eigenvalue weighted by molar-refractivity contribution is 7.20. The highest BCUT2D eigenvalue weighted by atomic mass is 32.1. The zero-order chi connectivity index (χ0) is 25.5. The summed E-state index contributed by atoms with van der Waals surface area (Å²) in [6.07, 6.45) is 0. The molecular weight excluding hydrogens is 464 g/mol. The van der Waals surface area contributed by atoms with Crippen LogP contribution in [0.4, 0.5) is 0 Å². The lowest BCUT2D eigenvalue weighted by Crippen LogP contribution is -2.50. The van der Waals surface area contributed by atoms with Crippen molar-refractivity contribution >= 4 is 33.4 Å². The summed E-state index contributed by atoms with van der Waals surface area (Å²) in [5, 5.41) is 0.966. The van der Waals surface area contributed by atoms with E-state index in [1.54, 1.807) is 37.3 Å². The van der Waals surface area contributed by atoms with Crippen LogP contribution in [0.5, 0.6) is 11.5 Å². The number of rotatable bonds is 4. The molecule has 0 unspecified atom stereocenters. The number of ether oxygens (including phenoxy) is 2. The molecule has 0 N–H and O–H groups in total. The molecule has 35 heavy (non-hydrogen) atoms. The highest BCUT2D eigenvalue weighted by Gasteiger charge is 2.29. The number of thiophene rings is 1. The first-order valence-corrected chi connectivity index (χ1v) is 12.5. The maximum Gasteiger partial charge on any atom is 0.264 e. The number of piperazine rings is 1. The third-order valence-corrected chi connectivity index (χ3v) is 7.49. The van der Waals surface area contributed by atoms with E-state index in [9.17, 15) is 9.59 Å². The van der Waals surface area contributed by atoms with E-state index in [1.807, 2.05) is 18.7 Å². The monoisotopic (exact) mass is 496 g/mol. The number of carbonyl (C=O) groups excluding carboxylic acids is 2. The van der Waals surface area contributed by atoms with Crippen LogP contribution in [0.15, 0.2) is 18.2 Å². The number of hydrogen-bond acceptors (Lipinski definition) is 7. The lowest BCUT2D eigenvalue weighted by Gasteiger charge is -2.34. The van der Waals surface area contributed by atoms with Crippen molar-refractivity contribution in [3.8, 4) is 11.5 Å². The molecule has 0 radical (unpaired) electrons. The Hall–Kier alpha value is -3.20. The van der Waals surface area contributed by atoms with E-state index in [0.29, 0.717) is 48.1 Å². The molecule has 3 aromatic rings. The first kappa shape index (κ1) is 24.9. The van der Waals surface area contributed by atoms with Crippen LogP contribution < -0.4 is 9.47 Å². The average Bonchev–Trinajstić information content (AvgIpc) is 3.19. The third-order valence-electron chi connectivity index (χ3n) is 6.32. The van der Waals surface area contributed by atoms with Crippen LogP contribution in [-0.2, 0) is 5.41 Å². The molecular formula is C26H32N4O4S. The minimum absolute atomic E-state index is 0.0135. The standard InChI is InChI=1S/C26H32N4O4S/c1-15-20-16(2)27-25(26(3,4)5)28-22(20)35-21(15)24(32)30-12-10-29(11-13-30)23(31)17-8-9-18(33-6)19(14-17)34-7/h8-9,14H,10-13H2,1-7H3. The molecule has 0 spiro atoms. The number of aryl methyl sites for hydroxylation is 2. The fourth-order valence-corrected chi connectivity index (χ4v) is 5.49. The Labute approximate surface area is 209 Å². The molecule has 0 atom stereocenters. The van der Waals surface area contributed by atoms with Crippen LogP contribution in [0.3, 0.4) is 0 Å². The molecule has 1 fully saturated rings. The van der Waals surface area contributed by atoms with Gasteiger partial charge in [-0.15, -0.1) is 11.3 Å². The average molecular weight is 497 g/mol. The summed E-state index contributed by atoms with van der Waals surface area (Å²) in [4.78, 5) is 41.1. The first-order valence-electron chi connectivity index (χ1n) is 11.6. The van der Waals surface area contributed by atoms with E-state index in [1.165, 1.54) is 11.3 Å². The first-order chi connectivity index (χ1) is 16.5. The van der Waals surface area contributed by atoms with Gasteiger partial charge in [0.2, 0.25) is 0 Å². The van der Waals surface area contributed by atoms with Gasteiger partial charge in [0.05, 0.1) is 24.8 Å². The van der Waals surface area contributed by atoms with E-state index in [-0.39, 0.29) is 17.2 Å². The number of amides is 2. The summed E-state index contributed by atoms with van der Waals surface area (Å²) in [7, 11) is 3.11. The number of hydrogen-bond donors (Lipinski definition) is 0. The van der Waals surface area contributed by atoms with Crippen molar-refractivity contribution in [1.29, 1.82) is 0 Å². The molecule has 0 aliphatic carbocycles. The van der Waals surface area contributed by atoms with Crippen molar-refractivity contribution in [3.05, 3.63) is 45.7 Å². The summed E-state index contributed by atoms with van der Waals surface area (Å²) in [6, 6.07) is 5.15. The second kappa shape index (κ2) is 9.45. The maximum atomic E-state index is 13.4. The molecule has 0 saturated carbocycles. The van der Waals surface area contributed by atoms with Gasteiger partial charge in [-0.1, -0.05) is 20.8 Å². The lowest BCUT2D eigenvalue weighted by atomic mass is 9.95. The van der Waals surface area contributed by atoms with Gasteiger partial charge in [-0.3, -0.25) is 9.59 Å². The van der Waals surface area contributed by atoms with Crippen LogP contribution >= 0.6 is 11.3 Å². The van der Waals surface area contributed by atoms with Crippen molar-refractivity contribution in [2.75, 3.05) is 40.4 Å². The molecule has 9 heteroatoms. The van der Waals surface area contributed by atoms with Crippen LogP contribution in [0.2, 0.25) is 0 Å². The Morgan fingerprint density at radius 3 is 2.09 bits per heavy atom. The van der Waals surface area contributed by atoms with Gasteiger partial charge < -0.3 is 19.3 Å². The fraction of sp³-hybridized carbons (Fsp3) is 0.462. The normalized spacial score (nSPS) is 14.4. The number of nitrogens with zero attached hydrogens (tertiary/aromatic N) is 4. The molecule has 0 bridgehead atoms. The summed E-state index contributed by atoms with van der Waals surface area (Å²) < 4.78 is 10.6. The third kappa shape index (κ3) is 4.69. The lowest BCUT2D eigenvalue weighted by molar-refractivity contribution is 0.0537. The van der Waals surface area contributed by atoms with Crippen LogP contribution in [0.1, 0.15) is 57.9 Å². The van der Waals surface area contributed by atoms with Gasteiger partial charge in [-0.25, -0.2) is 9.97 Å². The summed E-state index contributed by atoms with van der Waals surface area (Å²) in [5.74, 6) is 1.77. The maximum absolute atomic E-state index is 13.4. The van der Waals surface area contributed by atoms with Crippen molar-refractivity contribution in [2.45, 2.75) is 40.0 Å². The van der Waals surface area contributed by atoms with Crippen molar-refractivity contribution in [3.63, 3.8) is 0 Å². The molecule has 1 aromatic carbocycles. The molecule has 3 heterocycles. The quantitative estimate of drug-likeness (QED) is 0.538. The van der Waals surface area contributed by atoms with E-state index >= 15 is 0 Å². The Morgan fingerprint density at radius 1 is 0.914 bits per heavy atom. The fourth-order valence-electron chi connectivity index (χ4n) is 4.29. The van der Waals surface area contributed by atoms with E-state index < -0.39 is 0 Å². The molecule has 8 nitrogen and oxygen atoms in total. The number of aromatic nitrogens is 2. The second-order valence-corrected chi connectivity index (χ2v) is 10.8. The van der Waals surface area contributed by atoms with Crippen LogP contribution in [0.25, 0.3) is 10.2 Å². The number of fused-ring (bicyclic) bond motifs is 1. The molecule has 2 amide bonds. The summed E-state index contributed by atoms with van der Waals surface area (Å²) in [6.45, 7) is 12.1. The van der Waals surface area contributed by atoms with E-state index in [0.717, 1.165) is 27.3 Å². The molecule has 1 aliphatic heterocycles. The summed E-state index contributed by atoms with van der Waals surface area (Å²) in [5.41, 5.74) is 2.19. The predicted octanol–water partition coefficient (Wildman–Crippen LogP) is 4.22. The van der Waals surface area contributed by atoms with E-state index in [2.05, 4.69) is 20.8 Å². The van der Waals surface area contributed by atoms with E-state index in [4.69, 9.17) is 19.4 Å². The Bertz CT molecular complexity index is 1290. The van der Waals surface area contributed by atoms with Gasteiger partial charge in [0.25, 0.3) is 11.8 Å². The minimum atomic E-state index is -0.169. The molecule has 2 aromatic heterocycles. The molecule has 186 valence electrons. The van der Waals surface area contributed by atoms with Crippen LogP contribution in [0, 0.1) is 13.8 Å². The Kier molecular flexibility index (Phi) is 6.73. The van der Waals surface area contributed by atoms with Gasteiger partial charge in [0.15, 0.2) is 11.5 Å². The van der Waals surface area contributed by atoms with Crippen molar-refractivity contribution < 1.29 is 19.1 Å². The topological polar surface area (TPSA) is 84.9 Å². The van der Waals surface area contributed by atoms with Gasteiger partial charge >= 0.3 is 0 Å². The zero-order valence-corrected chi connectivity index (χ0v) is 22.2. The Morgan fingerprint density at radius 2 is 1.51 bits per heavy atom. The van der Waals surface area contributed by atoms with Gasteiger partial charge in [-0.2, -0.15) is 0 Å². The predicted molar refractivity (Wildman–Crippen MR) is 137 cm³/mol. The number of methoxy groups -OCH3 is 2. The van der Waals surface area contributed by atoms with Gasteiger partial charge in [0, 0.05) is 42.5 Å². The van der Waals surface area contributed by atoms with Gasteiger partial charge in [-0.05, 0) is 37.6 Å². The Balaban J connectivity index is 1.50. The smallest absolute Gasteiger partial charge is 0.264 e.